The molecular weight excluding hydrogens is 449 g/mol. The average Bonchev–Trinajstić information content (AvgIpc) is 3.41. The Labute approximate surface area is 203 Å². The fraction of sp³-hybridized carbons (Fsp3) is 0.0667. The molecule has 0 bridgehead atoms. The summed E-state index contributed by atoms with van der Waals surface area (Å²) >= 11 is 2.05. The molecule has 0 aliphatic carbocycles. The quantitative estimate of drug-likeness (QED) is 0.326. The van der Waals surface area contributed by atoms with Crippen LogP contribution in [-0.4, -0.2) is 16.1 Å². The van der Waals surface area contributed by atoms with E-state index in [1.54, 1.807) is 0 Å². The van der Waals surface area contributed by atoms with Gasteiger partial charge in [-0.05, 0) is 20.7 Å². The van der Waals surface area contributed by atoms with Gasteiger partial charge in [0.2, 0.25) is 0 Å². The summed E-state index contributed by atoms with van der Waals surface area (Å²) in [4.78, 5) is 0. The molecule has 0 spiro atoms. The van der Waals surface area contributed by atoms with E-state index in [9.17, 15) is 0 Å². The van der Waals surface area contributed by atoms with Gasteiger partial charge in [-0.25, -0.2) is 0 Å². The standard InChI is InChI=1S/C30H28SSi2/c1-32(25-15-7-3-8-16-25,26-17-9-4-10-18-26)29-23-24-30(31-29)33(2,27-19-11-5-12-20-27)28-21-13-6-14-22-28/h3-24H,1-2H3. The monoisotopic (exact) mass is 476 g/mol. The Bertz CT molecular complexity index is 1130. The highest BCUT2D eigenvalue weighted by Gasteiger charge is 2.40. The highest BCUT2D eigenvalue weighted by atomic mass is 32.1. The maximum Gasteiger partial charge on any atom is 0.157 e. The van der Waals surface area contributed by atoms with Crippen molar-refractivity contribution in [2.75, 3.05) is 0 Å². The summed E-state index contributed by atoms with van der Waals surface area (Å²) in [7, 11) is -4.19. The lowest BCUT2D eigenvalue weighted by Crippen LogP contribution is -2.65. The number of thiophene rings is 1. The zero-order chi connectivity index (χ0) is 22.7. The lowest BCUT2D eigenvalue weighted by Gasteiger charge is -2.29. The van der Waals surface area contributed by atoms with E-state index in [0.717, 1.165) is 0 Å². The molecule has 0 unspecified atom stereocenters. The van der Waals surface area contributed by atoms with Gasteiger partial charge in [0, 0.05) is 9.00 Å². The van der Waals surface area contributed by atoms with Crippen molar-refractivity contribution in [2.24, 2.45) is 0 Å². The topological polar surface area (TPSA) is 0 Å². The fourth-order valence-electron chi connectivity index (χ4n) is 4.86. The van der Waals surface area contributed by atoms with Gasteiger partial charge < -0.3 is 0 Å². The highest BCUT2D eigenvalue weighted by molar-refractivity contribution is 7.41. The zero-order valence-corrected chi connectivity index (χ0v) is 21.9. The van der Waals surface area contributed by atoms with E-state index < -0.39 is 16.1 Å². The third kappa shape index (κ3) is 3.86. The van der Waals surface area contributed by atoms with Crippen LogP contribution in [0.3, 0.4) is 0 Å². The van der Waals surface area contributed by atoms with E-state index in [2.05, 4.69) is 147 Å². The molecule has 33 heavy (non-hydrogen) atoms. The maximum absolute atomic E-state index is 2.51. The summed E-state index contributed by atoms with van der Waals surface area (Å²) in [6.45, 7) is 5.02. The molecule has 0 nitrogen and oxygen atoms in total. The van der Waals surface area contributed by atoms with Crippen molar-refractivity contribution < 1.29 is 0 Å². The minimum Gasteiger partial charge on any atom is -0.153 e. The van der Waals surface area contributed by atoms with E-state index in [-0.39, 0.29) is 0 Å². The van der Waals surface area contributed by atoms with Gasteiger partial charge in [-0.15, -0.1) is 0 Å². The second-order valence-corrected chi connectivity index (χ2v) is 18.6. The van der Waals surface area contributed by atoms with Gasteiger partial charge in [-0.3, -0.25) is 0 Å². The van der Waals surface area contributed by atoms with Crippen LogP contribution in [0, 0.1) is 0 Å². The molecule has 0 N–H and O–H groups in total. The predicted molar refractivity (Wildman–Crippen MR) is 151 cm³/mol. The van der Waals surface area contributed by atoms with E-state index in [1.807, 2.05) is 11.3 Å². The Kier molecular flexibility index (Phi) is 6.02. The van der Waals surface area contributed by atoms with E-state index in [0.29, 0.717) is 0 Å². The minimum atomic E-state index is -2.10. The summed E-state index contributed by atoms with van der Waals surface area (Å²) in [6.07, 6.45) is 0. The van der Waals surface area contributed by atoms with Crippen molar-refractivity contribution in [2.45, 2.75) is 13.1 Å². The summed E-state index contributed by atoms with van der Waals surface area (Å²) < 4.78 is 3.06. The molecule has 162 valence electrons. The van der Waals surface area contributed by atoms with Crippen LogP contribution in [-0.2, 0) is 0 Å². The van der Waals surface area contributed by atoms with Crippen molar-refractivity contribution in [3.63, 3.8) is 0 Å². The highest BCUT2D eigenvalue weighted by Crippen LogP contribution is 2.14. The summed E-state index contributed by atoms with van der Waals surface area (Å²) in [5.74, 6) is 0. The molecule has 1 aromatic heterocycles. The summed E-state index contributed by atoms with van der Waals surface area (Å²) in [5, 5.41) is 5.86. The largest absolute Gasteiger partial charge is 0.157 e. The Morgan fingerprint density at radius 1 is 0.364 bits per heavy atom. The third-order valence-corrected chi connectivity index (χ3v) is 19.0. The molecule has 0 saturated heterocycles. The third-order valence-electron chi connectivity index (χ3n) is 7.00. The molecule has 0 aliphatic heterocycles. The number of rotatable bonds is 6. The van der Waals surface area contributed by atoms with Gasteiger partial charge in [0.25, 0.3) is 0 Å². The van der Waals surface area contributed by atoms with E-state index in [4.69, 9.17) is 0 Å². The molecular formula is C30H28SSi2. The van der Waals surface area contributed by atoms with Crippen LogP contribution in [0.2, 0.25) is 13.1 Å². The molecule has 0 fully saturated rings. The van der Waals surface area contributed by atoms with Crippen LogP contribution < -0.4 is 29.7 Å². The SMILES string of the molecule is C[Si](c1ccccc1)(c1ccccc1)c1ccc([Si](C)(c2ccccc2)c2ccccc2)s1. The van der Waals surface area contributed by atoms with Crippen molar-refractivity contribution in [3.05, 3.63) is 133 Å². The second-order valence-electron chi connectivity index (χ2n) is 8.88. The molecule has 0 atom stereocenters. The number of benzene rings is 4. The Morgan fingerprint density at radius 2 is 0.606 bits per heavy atom. The second kappa shape index (κ2) is 9.10. The Morgan fingerprint density at radius 3 is 0.848 bits per heavy atom. The van der Waals surface area contributed by atoms with Crippen molar-refractivity contribution in [1.29, 1.82) is 0 Å². The van der Waals surface area contributed by atoms with Crippen molar-refractivity contribution in [3.8, 4) is 0 Å². The normalized spacial score (nSPS) is 11.9. The van der Waals surface area contributed by atoms with Crippen LogP contribution in [0.25, 0.3) is 0 Å². The van der Waals surface area contributed by atoms with Gasteiger partial charge in [-0.2, -0.15) is 11.3 Å². The van der Waals surface area contributed by atoms with Crippen molar-refractivity contribution in [1.82, 2.24) is 0 Å². The lowest BCUT2D eigenvalue weighted by molar-refractivity contribution is 1.69. The summed E-state index contributed by atoms with van der Waals surface area (Å²) in [6, 6.07) is 49.4. The van der Waals surface area contributed by atoms with E-state index in [1.165, 1.54) is 29.7 Å². The van der Waals surface area contributed by atoms with Gasteiger partial charge in [0.15, 0.2) is 16.1 Å². The van der Waals surface area contributed by atoms with Gasteiger partial charge in [0.05, 0.1) is 0 Å². The first-order valence-corrected chi connectivity index (χ1v) is 17.3. The van der Waals surface area contributed by atoms with Gasteiger partial charge in [0.1, 0.15) is 0 Å². The van der Waals surface area contributed by atoms with Crippen LogP contribution in [0.4, 0.5) is 0 Å². The molecule has 0 amide bonds. The first-order chi connectivity index (χ1) is 16.1. The predicted octanol–water partition coefficient (Wildman–Crippen LogP) is 3.95. The van der Waals surface area contributed by atoms with Crippen LogP contribution in [0.1, 0.15) is 0 Å². The molecule has 0 aliphatic rings. The molecule has 0 radical (unpaired) electrons. The number of hydrogen-bond acceptors (Lipinski definition) is 1. The molecule has 3 heteroatoms. The lowest BCUT2D eigenvalue weighted by atomic mass is 10.4. The average molecular weight is 477 g/mol. The maximum atomic E-state index is 2.51. The Hall–Kier alpha value is -2.99. The van der Waals surface area contributed by atoms with Crippen LogP contribution in [0.15, 0.2) is 133 Å². The molecule has 1 heterocycles. The van der Waals surface area contributed by atoms with Crippen LogP contribution >= 0.6 is 11.3 Å². The molecule has 5 rings (SSSR count). The van der Waals surface area contributed by atoms with Gasteiger partial charge in [-0.1, -0.05) is 147 Å². The smallest absolute Gasteiger partial charge is 0.153 e. The first-order valence-electron chi connectivity index (χ1n) is 11.5. The molecule has 5 aromatic rings. The zero-order valence-electron chi connectivity index (χ0n) is 19.1. The molecule has 0 saturated carbocycles. The minimum absolute atomic E-state index is 1.47. The van der Waals surface area contributed by atoms with Crippen molar-refractivity contribution >= 4 is 57.2 Å². The van der Waals surface area contributed by atoms with Gasteiger partial charge >= 0.3 is 0 Å². The molecule has 4 aromatic carbocycles. The van der Waals surface area contributed by atoms with E-state index >= 15 is 0 Å². The fourth-order valence-corrected chi connectivity index (χ4v) is 15.5. The van der Waals surface area contributed by atoms with Crippen LogP contribution in [0.5, 0.6) is 0 Å². The summed E-state index contributed by atoms with van der Waals surface area (Å²) in [5.41, 5.74) is 0. The Balaban J connectivity index is 1.71. The number of hydrogen-bond donors (Lipinski definition) is 0. The first kappa shape index (κ1) is 21.8.